The summed E-state index contributed by atoms with van der Waals surface area (Å²) < 4.78 is 17.1. The van der Waals surface area contributed by atoms with Crippen LogP contribution in [-0.2, 0) is 5.75 Å². The predicted octanol–water partition coefficient (Wildman–Crippen LogP) is 3.23. The Hall–Kier alpha value is -4.52. The van der Waals surface area contributed by atoms with Crippen molar-refractivity contribution in [3.05, 3.63) is 72.1 Å². The molecule has 0 aliphatic rings. The molecule has 37 heavy (non-hydrogen) atoms. The molecule has 0 aliphatic carbocycles. The third-order valence-electron chi connectivity index (χ3n) is 5.09. The molecular formula is C24H26N8O4S. The first-order valence-electron chi connectivity index (χ1n) is 11.3. The van der Waals surface area contributed by atoms with Crippen molar-refractivity contribution in [2.45, 2.75) is 24.0 Å². The van der Waals surface area contributed by atoms with Crippen molar-refractivity contribution in [3.8, 4) is 17.3 Å². The Balaban J connectivity index is 1.50. The number of methoxy groups -OCH3 is 1. The lowest BCUT2D eigenvalue weighted by molar-refractivity contribution is 0.0936. The molecular weight excluding hydrogens is 496 g/mol. The second-order valence-corrected chi connectivity index (χ2v) is 8.69. The third kappa shape index (κ3) is 6.01. The molecule has 2 heterocycles. The van der Waals surface area contributed by atoms with Gasteiger partial charge in [0.05, 0.1) is 25.1 Å². The number of carbonyl (C=O) groups excluding carboxylic acids is 1. The summed E-state index contributed by atoms with van der Waals surface area (Å²) in [4.78, 5) is 14.1. The summed E-state index contributed by atoms with van der Waals surface area (Å²) in [6.45, 7) is 6.60. The van der Waals surface area contributed by atoms with Crippen LogP contribution >= 0.6 is 11.8 Å². The Morgan fingerprint density at radius 3 is 2.68 bits per heavy atom. The summed E-state index contributed by atoms with van der Waals surface area (Å²) in [7, 11) is 1.56. The van der Waals surface area contributed by atoms with Crippen molar-refractivity contribution in [2.75, 3.05) is 19.5 Å². The molecule has 0 unspecified atom stereocenters. The van der Waals surface area contributed by atoms with Gasteiger partial charge in [-0.05, 0) is 47.1 Å². The smallest absolute Gasteiger partial charge is 0.292 e. The summed E-state index contributed by atoms with van der Waals surface area (Å²) in [5, 5.41) is 15.5. The normalized spacial score (nSPS) is 10.6. The van der Waals surface area contributed by atoms with E-state index in [-0.39, 0.29) is 17.3 Å². The molecule has 0 saturated heterocycles. The van der Waals surface area contributed by atoms with Crippen molar-refractivity contribution in [1.82, 2.24) is 36.2 Å². The molecule has 0 atom stereocenters. The second kappa shape index (κ2) is 11.9. The molecule has 2 aromatic heterocycles. The van der Waals surface area contributed by atoms with E-state index in [4.69, 9.17) is 19.8 Å². The predicted molar refractivity (Wildman–Crippen MR) is 138 cm³/mol. The van der Waals surface area contributed by atoms with Crippen molar-refractivity contribution in [3.63, 3.8) is 0 Å². The van der Waals surface area contributed by atoms with Crippen LogP contribution in [0, 0.1) is 0 Å². The fourth-order valence-electron chi connectivity index (χ4n) is 3.23. The molecule has 0 radical (unpaired) electrons. The standard InChI is InChI=1S/C24H26N8O4S/c1-4-12-35-19-11-10-16(13-20(19)34-3)15(2)26-28-24(33)21-18(14-37-17-8-6-5-7-9-17)32(31-27-21)23-22(25)29-36-30-23/h5-11,13,26H,2,4,12,14H2,1,3H3,(H2,25,29)(H,28,33). The van der Waals surface area contributed by atoms with Crippen LogP contribution in [0.25, 0.3) is 11.5 Å². The Bertz CT molecular complexity index is 1370. The molecule has 192 valence electrons. The number of nitrogen functional groups attached to an aromatic ring is 1. The minimum Gasteiger partial charge on any atom is -0.493 e. The number of amides is 1. The van der Waals surface area contributed by atoms with E-state index in [2.05, 4.69) is 38.1 Å². The zero-order chi connectivity index (χ0) is 26.2. The molecule has 4 rings (SSSR count). The number of benzene rings is 2. The first kappa shape index (κ1) is 25.6. The zero-order valence-corrected chi connectivity index (χ0v) is 21.1. The van der Waals surface area contributed by atoms with Crippen LogP contribution in [0.15, 0.2) is 64.6 Å². The fourth-order valence-corrected chi connectivity index (χ4v) is 4.15. The maximum atomic E-state index is 13.1. The van der Waals surface area contributed by atoms with E-state index in [0.29, 0.717) is 40.8 Å². The van der Waals surface area contributed by atoms with E-state index < -0.39 is 5.91 Å². The number of nitrogens with zero attached hydrogens (tertiary/aromatic N) is 5. The fraction of sp³-hybridized carbons (Fsp3) is 0.208. The van der Waals surface area contributed by atoms with E-state index in [9.17, 15) is 4.79 Å². The quantitative estimate of drug-likeness (QED) is 0.185. The van der Waals surface area contributed by atoms with Crippen LogP contribution in [-0.4, -0.2) is 44.9 Å². The number of anilines is 1. The average molecular weight is 523 g/mol. The highest BCUT2D eigenvalue weighted by Gasteiger charge is 2.24. The van der Waals surface area contributed by atoms with Gasteiger partial charge in [0.15, 0.2) is 17.2 Å². The van der Waals surface area contributed by atoms with E-state index in [1.165, 1.54) is 16.4 Å². The van der Waals surface area contributed by atoms with Gasteiger partial charge in [-0.2, -0.15) is 4.68 Å². The first-order chi connectivity index (χ1) is 18.0. The molecule has 4 aromatic rings. The summed E-state index contributed by atoms with van der Waals surface area (Å²) >= 11 is 1.50. The number of thioether (sulfide) groups is 1. The highest BCUT2D eigenvalue weighted by atomic mass is 32.2. The van der Waals surface area contributed by atoms with E-state index >= 15 is 0 Å². The molecule has 13 heteroatoms. The number of carbonyl (C=O) groups is 1. The van der Waals surface area contributed by atoms with Gasteiger partial charge in [-0.25, -0.2) is 4.63 Å². The average Bonchev–Trinajstić information content (AvgIpc) is 3.55. The minimum atomic E-state index is -0.527. The molecule has 0 fully saturated rings. The second-order valence-electron chi connectivity index (χ2n) is 7.64. The van der Waals surface area contributed by atoms with E-state index in [1.807, 2.05) is 43.3 Å². The van der Waals surface area contributed by atoms with Gasteiger partial charge in [0.2, 0.25) is 11.6 Å². The van der Waals surface area contributed by atoms with E-state index in [1.54, 1.807) is 19.2 Å². The number of hydrogen-bond acceptors (Lipinski definition) is 11. The molecule has 2 aromatic carbocycles. The number of hydrogen-bond donors (Lipinski definition) is 3. The van der Waals surface area contributed by atoms with Crippen LogP contribution in [0.1, 0.15) is 35.1 Å². The van der Waals surface area contributed by atoms with Crippen molar-refractivity contribution in [2.24, 2.45) is 0 Å². The van der Waals surface area contributed by atoms with Gasteiger partial charge in [-0.3, -0.25) is 15.6 Å². The Kier molecular flexibility index (Phi) is 8.26. The molecule has 0 spiro atoms. The number of hydrazine groups is 1. The van der Waals surface area contributed by atoms with Crippen LogP contribution in [0.2, 0.25) is 0 Å². The van der Waals surface area contributed by atoms with Gasteiger partial charge >= 0.3 is 0 Å². The number of ether oxygens (including phenoxy) is 2. The Morgan fingerprint density at radius 2 is 1.97 bits per heavy atom. The lowest BCUT2D eigenvalue weighted by Crippen LogP contribution is -2.36. The van der Waals surface area contributed by atoms with Gasteiger partial charge in [0.1, 0.15) is 0 Å². The molecule has 0 saturated carbocycles. The lowest BCUT2D eigenvalue weighted by atomic mass is 10.1. The summed E-state index contributed by atoms with van der Waals surface area (Å²) in [6.07, 6.45) is 0.876. The Labute approximate surface area is 217 Å². The van der Waals surface area contributed by atoms with Crippen LogP contribution in [0.5, 0.6) is 11.5 Å². The van der Waals surface area contributed by atoms with Gasteiger partial charge in [-0.15, -0.1) is 16.9 Å². The maximum absolute atomic E-state index is 13.1. The van der Waals surface area contributed by atoms with Crippen LogP contribution in [0.4, 0.5) is 5.82 Å². The van der Waals surface area contributed by atoms with Gasteiger partial charge < -0.3 is 15.2 Å². The van der Waals surface area contributed by atoms with Crippen molar-refractivity contribution >= 4 is 29.2 Å². The molecule has 0 aliphatic heterocycles. The molecule has 1 amide bonds. The van der Waals surface area contributed by atoms with Gasteiger partial charge in [0.25, 0.3) is 5.91 Å². The number of nitrogens with one attached hydrogen (secondary N) is 2. The molecule has 0 bridgehead atoms. The lowest BCUT2D eigenvalue weighted by Gasteiger charge is -2.14. The summed E-state index contributed by atoms with van der Waals surface area (Å²) in [5.74, 6) is 1.18. The molecule has 12 nitrogen and oxygen atoms in total. The molecule has 4 N–H and O–H groups in total. The highest BCUT2D eigenvalue weighted by Crippen LogP contribution is 2.30. The van der Waals surface area contributed by atoms with Crippen LogP contribution < -0.4 is 26.1 Å². The van der Waals surface area contributed by atoms with E-state index in [0.717, 1.165) is 11.3 Å². The SMILES string of the molecule is C=C(NNC(=O)c1nnn(-c2nonc2N)c1CSc1ccccc1)c1ccc(OCCC)c(OC)c1. The van der Waals surface area contributed by atoms with Gasteiger partial charge in [0, 0.05) is 16.2 Å². The topological polar surface area (TPSA) is 155 Å². The van der Waals surface area contributed by atoms with Crippen molar-refractivity contribution in [1.29, 1.82) is 0 Å². The maximum Gasteiger partial charge on any atom is 0.292 e. The summed E-state index contributed by atoms with van der Waals surface area (Å²) in [5.41, 5.74) is 13.0. The number of aromatic nitrogens is 5. The third-order valence-corrected chi connectivity index (χ3v) is 6.12. The first-order valence-corrected chi connectivity index (χ1v) is 12.3. The Morgan fingerprint density at radius 1 is 1.16 bits per heavy atom. The largest absolute Gasteiger partial charge is 0.493 e. The minimum absolute atomic E-state index is 0.0228. The number of nitrogens with two attached hydrogens (primary N) is 1. The van der Waals surface area contributed by atoms with Crippen LogP contribution in [0.3, 0.4) is 0 Å². The highest BCUT2D eigenvalue weighted by molar-refractivity contribution is 7.98. The zero-order valence-electron chi connectivity index (χ0n) is 20.3. The number of rotatable bonds is 12. The monoisotopic (exact) mass is 522 g/mol. The van der Waals surface area contributed by atoms with Crippen molar-refractivity contribution < 1.29 is 18.9 Å². The summed E-state index contributed by atoms with van der Waals surface area (Å²) in [6, 6.07) is 15.1. The van der Waals surface area contributed by atoms with Gasteiger partial charge in [-0.1, -0.05) is 36.9 Å².